The van der Waals surface area contributed by atoms with Crippen LogP contribution in [0.2, 0.25) is 0 Å². The maximum absolute atomic E-state index is 12.8. The molecule has 1 saturated carbocycles. The van der Waals surface area contributed by atoms with Gasteiger partial charge in [-0.05, 0) is 42.9 Å². The molecule has 1 heterocycles. The molecule has 6 heteroatoms. The molecule has 0 atom stereocenters. The Morgan fingerprint density at radius 1 is 1.03 bits per heavy atom. The first kappa shape index (κ1) is 21.8. The summed E-state index contributed by atoms with van der Waals surface area (Å²) in [5, 5.41) is 2.92. The number of ether oxygens (including phenoxy) is 1. The van der Waals surface area contributed by atoms with Crippen LogP contribution >= 0.6 is 0 Å². The summed E-state index contributed by atoms with van der Waals surface area (Å²) >= 11 is 0. The van der Waals surface area contributed by atoms with Gasteiger partial charge in [0.2, 0.25) is 5.91 Å². The van der Waals surface area contributed by atoms with Gasteiger partial charge in [0.15, 0.2) is 0 Å². The molecule has 0 bridgehead atoms. The zero-order chi connectivity index (χ0) is 20.5. The second-order valence-electron chi connectivity index (χ2n) is 8.22. The zero-order valence-corrected chi connectivity index (χ0v) is 17.7. The number of hydrogen-bond donors (Lipinski definition) is 1. The maximum atomic E-state index is 12.8. The number of methoxy groups -OCH3 is 1. The third kappa shape index (κ3) is 6.54. The smallest absolute Gasteiger partial charge is 0.253 e. The van der Waals surface area contributed by atoms with Crippen LogP contribution in [0.1, 0.15) is 60.4 Å². The number of rotatable bonds is 8. The molecule has 1 aliphatic heterocycles. The molecule has 29 heavy (non-hydrogen) atoms. The maximum Gasteiger partial charge on any atom is 0.253 e. The lowest BCUT2D eigenvalue weighted by molar-refractivity contribution is -0.122. The minimum Gasteiger partial charge on any atom is -0.385 e. The summed E-state index contributed by atoms with van der Waals surface area (Å²) in [5.41, 5.74) is 2.15. The Balaban J connectivity index is 1.42. The molecule has 3 rings (SSSR count). The van der Waals surface area contributed by atoms with Gasteiger partial charge in [0.05, 0.1) is 6.54 Å². The number of piperazine rings is 1. The Labute approximate surface area is 174 Å². The van der Waals surface area contributed by atoms with Gasteiger partial charge in [-0.3, -0.25) is 14.5 Å². The number of carbonyl (C=O) groups is 2. The first-order chi connectivity index (χ1) is 14.2. The Morgan fingerprint density at radius 2 is 1.72 bits per heavy atom. The highest BCUT2D eigenvalue weighted by atomic mass is 16.5. The van der Waals surface area contributed by atoms with Gasteiger partial charge in [-0.2, -0.15) is 0 Å². The minimum absolute atomic E-state index is 0.0409. The first-order valence-electron chi connectivity index (χ1n) is 11.0. The number of benzene rings is 1. The van der Waals surface area contributed by atoms with Crippen molar-refractivity contribution in [2.45, 2.75) is 44.4 Å². The number of nitrogens with one attached hydrogen (secondary N) is 1. The van der Waals surface area contributed by atoms with E-state index in [1.165, 1.54) is 37.7 Å². The van der Waals surface area contributed by atoms with Crippen LogP contribution in [0.25, 0.3) is 0 Å². The van der Waals surface area contributed by atoms with Gasteiger partial charge in [0.25, 0.3) is 5.91 Å². The topological polar surface area (TPSA) is 61.9 Å². The molecule has 0 spiro atoms. The van der Waals surface area contributed by atoms with E-state index in [1.807, 2.05) is 17.0 Å². The number of carbonyl (C=O) groups excluding carboxylic acids is 2. The van der Waals surface area contributed by atoms with Gasteiger partial charge in [-0.1, -0.05) is 31.4 Å². The lowest BCUT2D eigenvalue weighted by Gasteiger charge is -2.34. The van der Waals surface area contributed by atoms with Crippen LogP contribution < -0.4 is 5.32 Å². The van der Waals surface area contributed by atoms with Gasteiger partial charge in [-0.25, -0.2) is 0 Å². The van der Waals surface area contributed by atoms with Crippen LogP contribution in [-0.4, -0.2) is 74.6 Å². The van der Waals surface area contributed by atoms with Crippen molar-refractivity contribution >= 4 is 11.8 Å². The molecule has 1 aliphatic carbocycles. The fraction of sp³-hybridized carbons (Fsp3) is 0.652. The monoisotopic (exact) mass is 401 g/mol. The third-order valence-corrected chi connectivity index (χ3v) is 6.11. The molecule has 160 valence electrons. The third-order valence-electron chi connectivity index (χ3n) is 6.11. The van der Waals surface area contributed by atoms with Crippen LogP contribution in [0.3, 0.4) is 0 Å². The summed E-state index contributed by atoms with van der Waals surface area (Å²) < 4.78 is 4.98. The van der Waals surface area contributed by atoms with E-state index in [0.29, 0.717) is 38.7 Å². The van der Waals surface area contributed by atoms with Gasteiger partial charge < -0.3 is 15.0 Å². The number of hydrogen-bond acceptors (Lipinski definition) is 4. The standard InChI is InChI=1S/C23H35N3O3/c1-29-17-5-12-24-22(27)18-25-13-15-26(16-14-25)23(28)21-10-8-20(9-11-21)19-6-3-2-4-7-19/h8-11,19H,2-7,12-18H2,1H3,(H,24,27). The van der Waals surface area contributed by atoms with Crippen LogP contribution in [-0.2, 0) is 9.53 Å². The SMILES string of the molecule is COCCCNC(=O)CN1CCN(C(=O)c2ccc(C3CCCCC3)cc2)CC1. The normalized spacial score (nSPS) is 18.6. The molecule has 1 aromatic rings. The van der Waals surface area contributed by atoms with Crippen molar-refractivity contribution < 1.29 is 14.3 Å². The van der Waals surface area contributed by atoms with E-state index in [4.69, 9.17) is 4.74 Å². The summed E-state index contributed by atoms with van der Waals surface area (Å²) in [6.07, 6.45) is 7.37. The lowest BCUT2D eigenvalue weighted by atomic mass is 9.84. The summed E-state index contributed by atoms with van der Waals surface area (Å²) in [6.45, 7) is 4.49. The van der Waals surface area contributed by atoms with Crippen molar-refractivity contribution in [2.24, 2.45) is 0 Å². The van der Waals surface area contributed by atoms with Crippen molar-refractivity contribution in [1.29, 1.82) is 0 Å². The van der Waals surface area contributed by atoms with E-state index in [9.17, 15) is 9.59 Å². The predicted octanol–water partition coefficient (Wildman–Crippen LogP) is 2.64. The van der Waals surface area contributed by atoms with Crippen molar-refractivity contribution in [3.05, 3.63) is 35.4 Å². The van der Waals surface area contributed by atoms with Crippen LogP contribution in [0, 0.1) is 0 Å². The minimum atomic E-state index is 0.0409. The van der Waals surface area contributed by atoms with Crippen molar-refractivity contribution in [3.8, 4) is 0 Å². The van der Waals surface area contributed by atoms with Gasteiger partial charge in [0.1, 0.15) is 0 Å². The fourth-order valence-corrected chi connectivity index (χ4v) is 4.33. The second-order valence-corrected chi connectivity index (χ2v) is 8.22. The average molecular weight is 402 g/mol. The van der Waals surface area contributed by atoms with Crippen molar-refractivity contribution in [3.63, 3.8) is 0 Å². The van der Waals surface area contributed by atoms with Crippen molar-refractivity contribution in [2.75, 3.05) is 53.0 Å². The second kappa shape index (κ2) is 11.3. The van der Waals surface area contributed by atoms with E-state index in [0.717, 1.165) is 25.1 Å². The van der Waals surface area contributed by atoms with Crippen molar-refractivity contribution in [1.82, 2.24) is 15.1 Å². The molecule has 1 aromatic carbocycles. The number of amides is 2. The Bertz CT molecular complexity index is 648. The summed E-state index contributed by atoms with van der Waals surface area (Å²) in [5.74, 6) is 0.806. The van der Waals surface area contributed by atoms with E-state index in [1.54, 1.807) is 7.11 Å². The van der Waals surface area contributed by atoms with Gasteiger partial charge in [-0.15, -0.1) is 0 Å². The first-order valence-corrected chi connectivity index (χ1v) is 11.0. The molecule has 2 amide bonds. The Morgan fingerprint density at radius 3 is 2.38 bits per heavy atom. The van der Waals surface area contributed by atoms with Crippen LogP contribution in [0.4, 0.5) is 0 Å². The molecule has 1 N–H and O–H groups in total. The molecule has 1 saturated heterocycles. The molecule has 6 nitrogen and oxygen atoms in total. The predicted molar refractivity (Wildman–Crippen MR) is 114 cm³/mol. The van der Waals surface area contributed by atoms with Crippen LogP contribution in [0.5, 0.6) is 0 Å². The highest BCUT2D eigenvalue weighted by Crippen LogP contribution is 2.32. The van der Waals surface area contributed by atoms with Gasteiger partial charge >= 0.3 is 0 Å². The Kier molecular flexibility index (Phi) is 8.50. The number of nitrogens with zero attached hydrogens (tertiary/aromatic N) is 2. The summed E-state index contributed by atoms with van der Waals surface area (Å²) in [4.78, 5) is 28.9. The van der Waals surface area contributed by atoms with E-state index >= 15 is 0 Å². The summed E-state index contributed by atoms with van der Waals surface area (Å²) in [7, 11) is 1.66. The Hall–Kier alpha value is -1.92. The molecule has 2 fully saturated rings. The van der Waals surface area contributed by atoms with E-state index in [2.05, 4.69) is 22.3 Å². The van der Waals surface area contributed by atoms with Gasteiger partial charge in [0, 0.05) is 52.0 Å². The molecule has 0 aromatic heterocycles. The highest BCUT2D eigenvalue weighted by Gasteiger charge is 2.23. The van der Waals surface area contributed by atoms with E-state index < -0.39 is 0 Å². The molecule has 2 aliphatic rings. The molecule has 0 radical (unpaired) electrons. The fourth-order valence-electron chi connectivity index (χ4n) is 4.33. The largest absolute Gasteiger partial charge is 0.385 e. The average Bonchev–Trinajstić information content (AvgIpc) is 2.77. The molecular weight excluding hydrogens is 366 g/mol. The zero-order valence-electron chi connectivity index (χ0n) is 17.7. The highest BCUT2D eigenvalue weighted by molar-refractivity contribution is 5.94. The summed E-state index contributed by atoms with van der Waals surface area (Å²) in [6, 6.07) is 8.28. The quantitative estimate of drug-likeness (QED) is 0.681. The van der Waals surface area contributed by atoms with Crippen LogP contribution in [0.15, 0.2) is 24.3 Å². The molecular formula is C23H35N3O3. The lowest BCUT2D eigenvalue weighted by Crippen LogP contribution is -2.51. The molecule has 0 unspecified atom stereocenters. The van der Waals surface area contributed by atoms with E-state index in [-0.39, 0.29) is 11.8 Å².